The zero-order chi connectivity index (χ0) is 18.6. The predicted octanol–water partition coefficient (Wildman–Crippen LogP) is 3.41. The second-order valence-corrected chi connectivity index (χ2v) is 7.62. The van der Waals surface area contributed by atoms with Gasteiger partial charge in [-0.2, -0.15) is 0 Å². The molecule has 0 heterocycles. The molecule has 0 spiro atoms. The lowest BCUT2D eigenvalue weighted by Gasteiger charge is -2.15. The van der Waals surface area contributed by atoms with Gasteiger partial charge < -0.3 is 9.47 Å². The van der Waals surface area contributed by atoms with Crippen LogP contribution in [0.4, 0.5) is 4.39 Å². The van der Waals surface area contributed by atoms with Crippen LogP contribution in [0.2, 0.25) is 0 Å². The van der Waals surface area contributed by atoms with E-state index < -0.39 is 15.8 Å². The van der Waals surface area contributed by atoms with Gasteiger partial charge in [0.25, 0.3) is 0 Å². The molecule has 2 aromatic carbocycles. The minimum Gasteiger partial charge on any atom is -0.493 e. The number of hydrogen-bond acceptors (Lipinski definition) is 4. The van der Waals surface area contributed by atoms with E-state index in [0.717, 1.165) is 11.6 Å². The maximum Gasteiger partial charge on any atom is 0.241 e. The van der Waals surface area contributed by atoms with Gasteiger partial charge in [-0.05, 0) is 62.2 Å². The Morgan fingerprint density at radius 2 is 1.84 bits per heavy atom. The normalized spacial score (nSPS) is 11.6. The van der Waals surface area contributed by atoms with E-state index in [1.165, 1.54) is 19.2 Å². The van der Waals surface area contributed by atoms with E-state index in [-0.39, 0.29) is 17.5 Å². The number of rotatable bonds is 7. The quantitative estimate of drug-likeness (QED) is 0.815. The van der Waals surface area contributed by atoms with Crippen molar-refractivity contribution in [2.75, 3.05) is 7.11 Å². The number of aryl methyl sites for hydroxylation is 1. The van der Waals surface area contributed by atoms with Gasteiger partial charge in [0.15, 0.2) is 11.5 Å². The minimum atomic E-state index is -3.74. The van der Waals surface area contributed by atoms with Gasteiger partial charge in [-0.1, -0.05) is 6.07 Å². The van der Waals surface area contributed by atoms with Crippen molar-refractivity contribution >= 4 is 10.0 Å². The molecule has 0 aliphatic rings. The molecule has 0 atom stereocenters. The molecule has 0 amide bonds. The highest BCUT2D eigenvalue weighted by Gasteiger charge is 2.17. The maximum atomic E-state index is 13.2. The van der Waals surface area contributed by atoms with E-state index in [4.69, 9.17) is 9.47 Å². The predicted molar refractivity (Wildman–Crippen MR) is 93.9 cm³/mol. The number of sulfonamides is 1. The van der Waals surface area contributed by atoms with E-state index in [1.807, 2.05) is 13.8 Å². The molecule has 0 radical (unpaired) electrons. The highest BCUT2D eigenvalue weighted by Crippen LogP contribution is 2.29. The van der Waals surface area contributed by atoms with Crippen molar-refractivity contribution in [3.8, 4) is 11.5 Å². The third-order valence-corrected chi connectivity index (χ3v) is 5.04. The molecule has 0 saturated heterocycles. The standard InChI is InChI=1S/C18H22FNO4S/c1-12(2)24-16-7-5-14(10-17(16)23-4)11-20-25(21,22)18-8-6-15(19)9-13(18)3/h5-10,12,20H,11H2,1-4H3. The zero-order valence-corrected chi connectivity index (χ0v) is 15.5. The number of benzene rings is 2. The Bertz CT molecular complexity index is 850. The molecule has 7 heteroatoms. The van der Waals surface area contributed by atoms with Gasteiger partial charge in [0, 0.05) is 6.54 Å². The van der Waals surface area contributed by atoms with E-state index in [9.17, 15) is 12.8 Å². The summed E-state index contributed by atoms with van der Waals surface area (Å²) in [5.41, 5.74) is 1.07. The SMILES string of the molecule is COc1cc(CNS(=O)(=O)c2ccc(F)cc2C)ccc1OC(C)C. The molecule has 2 rings (SSSR count). The van der Waals surface area contributed by atoms with Crippen LogP contribution in [0.25, 0.3) is 0 Å². The van der Waals surface area contributed by atoms with Crippen molar-refractivity contribution in [3.05, 3.63) is 53.3 Å². The first-order chi connectivity index (χ1) is 11.7. The molecular formula is C18H22FNO4S. The Hall–Kier alpha value is -2.12. The summed E-state index contributed by atoms with van der Waals surface area (Å²) in [7, 11) is -2.22. The molecule has 5 nitrogen and oxygen atoms in total. The third-order valence-electron chi connectivity index (χ3n) is 3.48. The molecule has 136 valence electrons. The Kier molecular flexibility index (Phi) is 6.02. The molecule has 25 heavy (non-hydrogen) atoms. The van der Waals surface area contributed by atoms with Gasteiger partial charge in [0.05, 0.1) is 18.1 Å². The van der Waals surface area contributed by atoms with Crippen LogP contribution in [0, 0.1) is 12.7 Å². The van der Waals surface area contributed by atoms with E-state index in [2.05, 4.69) is 4.72 Å². The largest absolute Gasteiger partial charge is 0.493 e. The second-order valence-electron chi connectivity index (χ2n) is 5.89. The summed E-state index contributed by atoms with van der Waals surface area (Å²) in [5, 5.41) is 0. The number of nitrogens with one attached hydrogen (secondary N) is 1. The first kappa shape index (κ1) is 19.2. The highest BCUT2D eigenvalue weighted by atomic mass is 32.2. The van der Waals surface area contributed by atoms with Crippen molar-refractivity contribution in [1.29, 1.82) is 0 Å². The van der Waals surface area contributed by atoms with Crippen molar-refractivity contribution in [2.45, 2.75) is 38.3 Å². The molecule has 0 fully saturated rings. The molecule has 0 unspecified atom stereocenters. The van der Waals surface area contributed by atoms with Crippen molar-refractivity contribution in [3.63, 3.8) is 0 Å². The summed E-state index contributed by atoms with van der Waals surface area (Å²) in [5.74, 6) is 0.656. The van der Waals surface area contributed by atoms with Gasteiger partial charge in [-0.25, -0.2) is 17.5 Å². The Morgan fingerprint density at radius 3 is 2.44 bits per heavy atom. The van der Waals surface area contributed by atoms with Crippen molar-refractivity contribution in [1.82, 2.24) is 4.72 Å². The topological polar surface area (TPSA) is 64.6 Å². The first-order valence-electron chi connectivity index (χ1n) is 7.82. The smallest absolute Gasteiger partial charge is 0.241 e. The van der Waals surface area contributed by atoms with Crippen LogP contribution in [0.15, 0.2) is 41.3 Å². The fourth-order valence-electron chi connectivity index (χ4n) is 2.34. The summed E-state index contributed by atoms with van der Waals surface area (Å²) in [6, 6.07) is 8.80. The molecule has 2 aromatic rings. The van der Waals surface area contributed by atoms with Crippen LogP contribution in [0.1, 0.15) is 25.0 Å². The Morgan fingerprint density at radius 1 is 1.12 bits per heavy atom. The number of hydrogen-bond donors (Lipinski definition) is 1. The van der Waals surface area contributed by atoms with Crippen LogP contribution >= 0.6 is 0 Å². The van der Waals surface area contributed by atoms with Gasteiger partial charge in [-0.15, -0.1) is 0 Å². The zero-order valence-electron chi connectivity index (χ0n) is 14.7. The average molecular weight is 367 g/mol. The fraction of sp³-hybridized carbons (Fsp3) is 0.333. The lowest BCUT2D eigenvalue weighted by Crippen LogP contribution is -2.24. The summed E-state index contributed by atoms with van der Waals surface area (Å²) in [6.45, 7) is 5.45. The molecule has 0 aliphatic carbocycles. The summed E-state index contributed by atoms with van der Waals surface area (Å²) in [4.78, 5) is 0.0561. The van der Waals surface area contributed by atoms with Crippen LogP contribution in [-0.4, -0.2) is 21.6 Å². The van der Waals surface area contributed by atoms with Crippen molar-refractivity contribution in [2.24, 2.45) is 0 Å². The molecule has 0 bridgehead atoms. The van der Waals surface area contributed by atoms with Gasteiger partial charge >= 0.3 is 0 Å². The molecule has 1 N–H and O–H groups in total. The lowest BCUT2D eigenvalue weighted by molar-refractivity contribution is 0.230. The molecule has 0 saturated carbocycles. The lowest BCUT2D eigenvalue weighted by atomic mass is 10.2. The van der Waals surface area contributed by atoms with E-state index in [0.29, 0.717) is 17.1 Å². The van der Waals surface area contributed by atoms with Crippen LogP contribution < -0.4 is 14.2 Å². The van der Waals surface area contributed by atoms with Crippen molar-refractivity contribution < 1.29 is 22.3 Å². The Labute approximate surface area is 147 Å². The highest BCUT2D eigenvalue weighted by molar-refractivity contribution is 7.89. The van der Waals surface area contributed by atoms with E-state index >= 15 is 0 Å². The van der Waals surface area contributed by atoms with Gasteiger partial charge in [-0.3, -0.25) is 0 Å². The van der Waals surface area contributed by atoms with Gasteiger partial charge in [0.2, 0.25) is 10.0 Å². The Balaban J connectivity index is 2.17. The average Bonchev–Trinajstić information content (AvgIpc) is 2.53. The van der Waals surface area contributed by atoms with Crippen LogP contribution in [0.3, 0.4) is 0 Å². The number of halogens is 1. The summed E-state index contributed by atoms with van der Waals surface area (Å²) in [6.07, 6.45) is -0.000274. The summed E-state index contributed by atoms with van der Waals surface area (Å²) < 4.78 is 51.4. The van der Waals surface area contributed by atoms with Crippen LogP contribution in [-0.2, 0) is 16.6 Å². The number of ether oxygens (including phenoxy) is 2. The van der Waals surface area contributed by atoms with E-state index in [1.54, 1.807) is 25.1 Å². The maximum absolute atomic E-state index is 13.2. The molecular weight excluding hydrogens is 345 g/mol. The number of methoxy groups -OCH3 is 1. The first-order valence-corrected chi connectivity index (χ1v) is 9.30. The molecule has 0 aliphatic heterocycles. The second kappa shape index (κ2) is 7.84. The summed E-state index contributed by atoms with van der Waals surface area (Å²) >= 11 is 0. The molecule has 0 aromatic heterocycles. The third kappa shape index (κ3) is 4.93. The monoisotopic (exact) mass is 367 g/mol. The van der Waals surface area contributed by atoms with Crippen LogP contribution in [0.5, 0.6) is 11.5 Å². The fourth-order valence-corrected chi connectivity index (χ4v) is 3.59. The minimum absolute atomic E-state index is 0.000274. The van der Waals surface area contributed by atoms with Gasteiger partial charge in [0.1, 0.15) is 5.82 Å².